The van der Waals surface area contributed by atoms with E-state index in [0.717, 1.165) is 16.9 Å². The zero-order valence-electron chi connectivity index (χ0n) is 14.1. The Morgan fingerprint density at radius 1 is 1.08 bits per heavy atom. The third-order valence-corrected chi connectivity index (χ3v) is 3.93. The largest absolute Gasteiger partial charge is 0.467 e. The molecular weight excluding hydrogens is 300 g/mol. The number of aryl methyl sites for hydroxylation is 2. The van der Waals surface area contributed by atoms with Crippen LogP contribution in [0.1, 0.15) is 40.2 Å². The van der Waals surface area contributed by atoms with Gasteiger partial charge in [0.25, 0.3) is 5.91 Å². The molecule has 122 valence electrons. The molecule has 0 aliphatic carbocycles. The summed E-state index contributed by atoms with van der Waals surface area (Å²) < 4.78 is 5.51. The number of amides is 1. The van der Waals surface area contributed by atoms with Crippen LogP contribution in [0.15, 0.2) is 65.4 Å². The van der Waals surface area contributed by atoms with Crippen molar-refractivity contribution in [3.8, 4) is 0 Å². The van der Waals surface area contributed by atoms with Crippen molar-refractivity contribution < 1.29 is 9.21 Å². The quantitative estimate of drug-likeness (QED) is 0.700. The smallest absolute Gasteiger partial charge is 0.260 e. The maximum atomic E-state index is 13.2. The number of furan rings is 1. The second-order valence-electron chi connectivity index (χ2n) is 5.93. The molecule has 0 unspecified atom stereocenters. The molecule has 3 rings (SSSR count). The number of aromatic nitrogens is 1. The fourth-order valence-electron chi connectivity index (χ4n) is 2.87. The highest BCUT2D eigenvalue weighted by Gasteiger charge is 2.27. The highest BCUT2D eigenvalue weighted by molar-refractivity contribution is 6.06. The number of hydrogen-bond donors (Lipinski definition) is 0. The lowest BCUT2D eigenvalue weighted by Crippen LogP contribution is -2.34. The maximum Gasteiger partial charge on any atom is 0.260 e. The minimum absolute atomic E-state index is 0.0931. The van der Waals surface area contributed by atoms with Gasteiger partial charge in [0.15, 0.2) is 0 Å². The molecule has 1 atom stereocenters. The first kappa shape index (κ1) is 16.0. The van der Waals surface area contributed by atoms with E-state index >= 15 is 0 Å². The Morgan fingerprint density at radius 2 is 1.83 bits per heavy atom. The van der Waals surface area contributed by atoms with Gasteiger partial charge >= 0.3 is 0 Å². The number of carbonyl (C=O) groups excluding carboxylic acids is 1. The van der Waals surface area contributed by atoms with Gasteiger partial charge in [-0.15, -0.1) is 0 Å². The van der Waals surface area contributed by atoms with Gasteiger partial charge in [0.1, 0.15) is 11.6 Å². The highest BCUT2D eigenvalue weighted by Crippen LogP contribution is 2.28. The Labute approximate surface area is 141 Å². The standard InChI is InChI=1S/C20H20N2O2/c1-14-11-15(2)13-17(12-14)20(23)22(19-8-4-5-9-21-19)16(3)18-7-6-10-24-18/h4-13,16H,1-3H3/t16-/m0/s1. The average Bonchev–Trinajstić information content (AvgIpc) is 3.09. The Hall–Kier alpha value is -2.88. The Balaban J connectivity index is 2.05. The zero-order chi connectivity index (χ0) is 17.1. The molecule has 0 saturated carbocycles. The second-order valence-corrected chi connectivity index (χ2v) is 5.93. The summed E-state index contributed by atoms with van der Waals surface area (Å²) in [5.74, 6) is 1.23. The number of anilines is 1. The second kappa shape index (κ2) is 6.71. The molecule has 2 heterocycles. The SMILES string of the molecule is Cc1cc(C)cc(C(=O)N(c2ccccn2)[C@@H](C)c2ccco2)c1. The molecule has 0 bridgehead atoms. The van der Waals surface area contributed by atoms with Crippen LogP contribution in [-0.2, 0) is 0 Å². The first-order chi connectivity index (χ1) is 11.6. The molecule has 4 nitrogen and oxygen atoms in total. The van der Waals surface area contributed by atoms with Crippen LogP contribution in [0.3, 0.4) is 0 Å². The summed E-state index contributed by atoms with van der Waals surface area (Å²) in [6.07, 6.45) is 3.30. The summed E-state index contributed by atoms with van der Waals surface area (Å²) in [5, 5.41) is 0. The molecule has 0 saturated heterocycles. The Morgan fingerprint density at radius 3 is 2.42 bits per heavy atom. The van der Waals surface area contributed by atoms with Crippen molar-refractivity contribution in [3.63, 3.8) is 0 Å². The number of carbonyl (C=O) groups is 1. The van der Waals surface area contributed by atoms with E-state index in [0.29, 0.717) is 11.4 Å². The minimum Gasteiger partial charge on any atom is -0.467 e. The number of pyridine rings is 1. The molecule has 3 aromatic rings. The maximum absolute atomic E-state index is 13.2. The summed E-state index contributed by atoms with van der Waals surface area (Å²) in [4.78, 5) is 19.3. The fourth-order valence-corrected chi connectivity index (χ4v) is 2.87. The Kier molecular flexibility index (Phi) is 4.47. The normalized spacial score (nSPS) is 12.0. The molecule has 24 heavy (non-hydrogen) atoms. The first-order valence-corrected chi connectivity index (χ1v) is 7.92. The monoisotopic (exact) mass is 320 g/mol. The van der Waals surface area contributed by atoms with Gasteiger partial charge in [0, 0.05) is 11.8 Å². The van der Waals surface area contributed by atoms with Gasteiger partial charge in [-0.3, -0.25) is 9.69 Å². The molecule has 0 aliphatic rings. The zero-order valence-corrected chi connectivity index (χ0v) is 14.1. The van der Waals surface area contributed by atoms with E-state index in [-0.39, 0.29) is 11.9 Å². The molecule has 1 amide bonds. The van der Waals surface area contributed by atoms with Crippen molar-refractivity contribution >= 4 is 11.7 Å². The molecule has 0 spiro atoms. The lowest BCUT2D eigenvalue weighted by atomic mass is 10.1. The fraction of sp³-hybridized carbons (Fsp3) is 0.200. The van der Waals surface area contributed by atoms with Gasteiger partial charge in [0.05, 0.1) is 12.3 Å². The molecule has 0 fully saturated rings. The molecule has 1 aromatic carbocycles. The van der Waals surface area contributed by atoms with Gasteiger partial charge < -0.3 is 4.42 Å². The predicted molar refractivity (Wildman–Crippen MR) is 94.1 cm³/mol. The molecule has 0 aliphatic heterocycles. The average molecular weight is 320 g/mol. The predicted octanol–water partition coefficient (Wildman–Crippen LogP) is 4.70. The van der Waals surface area contributed by atoms with Gasteiger partial charge in [-0.25, -0.2) is 4.98 Å². The van der Waals surface area contributed by atoms with Crippen LogP contribution in [0.2, 0.25) is 0 Å². The third kappa shape index (κ3) is 3.23. The Bertz CT molecular complexity index is 806. The van der Waals surface area contributed by atoms with Crippen molar-refractivity contribution in [1.82, 2.24) is 4.98 Å². The van der Waals surface area contributed by atoms with Crippen LogP contribution in [-0.4, -0.2) is 10.9 Å². The van der Waals surface area contributed by atoms with E-state index in [1.807, 2.05) is 63.2 Å². The highest BCUT2D eigenvalue weighted by atomic mass is 16.3. The van der Waals surface area contributed by atoms with E-state index in [2.05, 4.69) is 11.1 Å². The third-order valence-electron chi connectivity index (χ3n) is 3.93. The minimum atomic E-state index is -0.261. The number of rotatable bonds is 4. The van der Waals surface area contributed by atoms with Crippen LogP contribution in [0.5, 0.6) is 0 Å². The van der Waals surface area contributed by atoms with E-state index in [1.54, 1.807) is 17.4 Å². The summed E-state index contributed by atoms with van der Waals surface area (Å²) >= 11 is 0. The molecule has 0 N–H and O–H groups in total. The summed E-state index contributed by atoms with van der Waals surface area (Å²) in [7, 11) is 0. The van der Waals surface area contributed by atoms with Crippen molar-refractivity contribution in [3.05, 3.63) is 83.4 Å². The van der Waals surface area contributed by atoms with Crippen molar-refractivity contribution in [2.45, 2.75) is 26.8 Å². The van der Waals surface area contributed by atoms with Crippen LogP contribution in [0, 0.1) is 13.8 Å². The number of nitrogens with zero attached hydrogens (tertiary/aromatic N) is 2. The summed E-state index contributed by atoms with van der Waals surface area (Å²) in [5.41, 5.74) is 2.77. The van der Waals surface area contributed by atoms with Crippen molar-refractivity contribution in [2.75, 3.05) is 4.90 Å². The van der Waals surface area contributed by atoms with Crippen LogP contribution in [0.25, 0.3) is 0 Å². The van der Waals surface area contributed by atoms with Gasteiger partial charge in [0.2, 0.25) is 0 Å². The van der Waals surface area contributed by atoms with Crippen LogP contribution in [0.4, 0.5) is 5.82 Å². The van der Waals surface area contributed by atoms with Crippen molar-refractivity contribution in [1.29, 1.82) is 0 Å². The lowest BCUT2D eigenvalue weighted by molar-refractivity contribution is 0.0974. The van der Waals surface area contributed by atoms with E-state index < -0.39 is 0 Å². The van der Waals surface area contributed by atoms with Crippen LogP contribution >= 0.6 is 0 Å². The first-order valence-electron chi connectivity index (χ1n) is 7.92. The topological polar surface area (TPSA) is 46.3 Å². The van der Waals surface area contributed by atoms with E-state index in [9.17, 15) is 4.79 Å². The number of hydrogen-bond acceptors (Lipinski definition) is 3. The molecule has 2 aromatic heterocycles. The van der Waals surface area contributed by atoms with E-state index in [4.69, 9.17) is 4.42 Å². The summed E-state index contributed by atoms with van der Waals surface area (Å²) in [6.45, 7) is 5.92. The molecular formula is C20H20N2O2. The van der Waals surface area contributed by atoms with E-state index in [1.165, 1.54) is 0 Å². The molecule has 4 heteroatoms. The van der Waals surface area contributed by atoms with Crippen molar-refractivity contribution in [2.24, 2.45) is 0 Å². The van der Waals surface area contributed by atoms with Crippen LogP contribution < -0.4 is 4.90 Å². The van der Waals surface area contributed by atoms with Gasteiger partial charge in [-0.1, -0.05) is 23.3 Å². The number of benzene rings is 1. The van der Waals surface area contributed by atoms with Gasteiger partial charge in [-0.05, 0) is 57.2 Å². The molecule has 0 radical (unpaired) electrons. The van der Waals surface area contributed by atoms with Gasteiger partial charge in [-0.2, -0.15) is 0 Å². The summed E-state index contributed by atoms with van der Waals surface area (Å²) in [6, 6.07) is 14.8. The lowest BCUT2D eigenvalue weighted by Gasteiger charge is -2.27.